The molecule has 2 amide bonds. The molecule has 3 fully saturated rings. The topological polar surface area (TPSA) is 138 Å². The van der Waals surface area contributed by atoms with Crippen LogP contribution in [0.5, 0.6) is 11.5 Å². The Labute approximate surface area is 224 Å². The molecule has 4 rings (SSSR count). The van der Waals surface area contributed by atoms with Crippen LogP contribution in [-0.2, 0) is 9.53 Å². The molecule has 1 unspecified atom stereocenters. The van der Waals surface area contributed by atoms with Gasteiger partial charge in [0, 0.05) is 43.1 Å². The van der Waals surface area contributed by atoms with Crippen LogP contribution in [0.25, 0.3) is 0 Å². The van der Waals surface area contributed by atoms with Gasteiger partial charge in [0.25, 0.3) is 0 Å². The number of anilines is 1. The van der Waals surface area contributed by atoms with Gasteiger partial charge in [0.2, 0.25) is 5.91 Å². The van der Waals surface area contributed by atoms with Gasteiger partial charge in [-0.1, -0.05) is 13.8 Å². The predicted octanol–water partition coefficient (Wildman–Crippen LogP) is 2.79. The summed E-state index contributed by atoms with van der Waals surface area (Å²) in [7, 11) is 3.05. The van der Waals surface area contributed by atoms with E-state index in [1.54, 1.807) is 23.1 Å². The van der Waals surface area contributed by atoms with Crippen molar-refractivity contribution in [2.24, 2.45) is 22.7 Å². The summed E-state index contributed by atoms with van der Waals surface area (Å²) in [5.74, 6) is 0.658. The van der Waals surface area contributed by atoms with Gasteiger partial charge >= 0.3 is 6.09 Å². The van der Waals surface area contributed by atoms with Crippen LogP contribution in [0.1, 0.15) is 52.4 Å². The van der Waals surface area contributed by atoms with Crippen molar-refractivity contribution >= 4 is 17.7 Å². The SMILES string of the molecule is COc1cc(NC(=O)O[C@@H]2CC[C@]3(C)C(CC[C@@H](O)[C@H]3CC(=O)N3CC[C@@H](O)C3)[C@]2(C)CO)cc(OC)c1. The molecule has 1 aromatic rings. The molecule has 2 saturated carbocycles. The third kappa shape index (κ3) is 5.44. The first-order valence-corrected chi connectivity index (χ1v) is 13.5. The van der Waals surface area contributed by atoms with Gasteiger partial charge in [-0.15, -0.1) is 0 Å². The average molecular weight is 535 g/mol. The number of carbonyl (C=O) groups is 2. The number of rotatable bonds is 7. The van der Waals surface area contributed by atoms with Gasteiger partial charge in [0.05, 0.1) is 38.7 Å². The molecule has 1 aromatic carbocycles. The molecule has 7 atom stereocenters. The second kappa shape index (κ2) is 11.3. The highest BCUT2D eigenvalue weighted by atomic mass is 16.6. The van der Waals surface area contributed by atoms with E-state index < -0.39 is 35.2 Å². The second-order valence-electron chi connectivity index (χ2n) is 11.6. The molecular weight excluding hydrogens is 492 g/mol. The lowest BCUT2D eigenvalue weighted by atomic mass is 9.46. The predicted molar refractivity (Wildman–Crippen MR) is 140 cm³/mol. The van der Waals surface area contributed by atoms with Crippen molar-refractivity contribution in [3.8, 4) is 11.5 Å². The van der Waals surface area contributed by atoms with E-state index >= 15 is 0 Å². The summed E-state index contributed by atoms with van der Waals surface area (Å²) in [6.45, 7) is 4.72. The Bertz CT molecular complexity index is 998. The third-order valence-corrected chi connectivity index (χ3v) is 9.43. The largest absolute Gasteiger partial charge is 0.497 e. The summed E-state index contributed by atoms with van der Waals surface area (Å²) in [5.41, 5.74) is -0.703. The number of aliphatic hydroxyl groups is 3. The van der Waals surface area contributed by atoms with Gasteiger partial charge < -0.3 is 34.4 Å². The standard InChI is InChI=1S/C28H42N2O8/c1-27-9-7-24(38-26(35)29-17-11-19(36-3)13-20(12-17)37-4)28(2,16-31)23(27)6-5-22(33)21(27)14-25(34)30-10-8-18(32)15-30/h11-13,18,21-24,31-33H,5-10,14-16H2,1-4H3,(H,29,35)/t18-,21-,22-,23?,24-,27+,28+/m1/s1. The van der Waals surface area contributed by atoms with Crippen molar-refractivity contribution in [3.05, 3.63) is 18.2 Å². The van der Waals surface area contributed by atoms with E-state index in [-0.39, 0.29) is 30.8 Å². The smallest absolute Gasteiger partial charge is 0.411 e. The van der Waals surface area contributed by atoms with Crippen LogP contribution in [0.4, 0.5) is 10.5 Å². The van der Waals surface area contributed by atoms with Crippen molar-refractivity contribution in [1.29, 1.82) is 0 Å². The van der Waals surface area contributed by atoms with Gasteiger partial charge in [-0.3, -0.25) is 10.1 Å². The molecule has 0 spiro atoms. The van der Waals surface area contributed by atoms with Crippen molar-refractivity contribution in [1.82, 2.24) is 4.90 Å². The van der Waals surface area contributed by atoms with Crippen LogP contribution in [0, 0.1) is 22.7 Å². The molecule has 3 aliphatic rings. The number of ether oxygens (including phenoxy) is 3. The minimum absolute atomic E-state index is 0.0513. The Morgan fingerprint density at radius 3 is 2.32 bits per heavy atom. The van der Waals surface area contributed by atoms with Crippen molar-refractivity contribution < 1.29 is 39.1 Å². The second-order valence-corrected chi connectivity index (χ2v) is 11.6. The number of nitrogens with zero attached hydrogens (tertiary/aromatic N) is 1. The fourth-order valence-electron chi connectivity index (χ4n) is 7.22. The van der Waals surface area contributed by atoms with Gasteiger partial charge in [-0.2, -0.15) is 0 Å². The van der Waals surface area contributed by atoms with E-state index in [0.29, 0.717) is 62.4 Å². The number of carbonyl (C=O) groups excluding carboxylic acids is 2. The van der Waals surface area contributed by atoms with Gasteiger partial charge in [-0.05, 0) is 49.4 Å². The van der Waals surface area contributed by atoms with Crippen LogP contribution in [0.2, 0.25) is 0 Å². The maximum atomic E-state index is 13.1. The van der Waals surface area contributed by atoms with E-state index in [4.69, 9.17) is 14.2 Å². The van der Waals surface area contributed by atoms with Crippen LogP contribution in [-0.4, -0.2) is 84.4 Å². The quantitative estimate of drug-likeness (QED) is 0.419. The van der Waals surface area contributed by atoms with E-state index in [1.807, 2.05) is 6.92 Å². The molecule has 10 nitrogen and oxygen atoms in total. The van der Waals surface area contributed by atoms with E-state index in [2.05, 4.69) is 12.2 Å². The maximum absolute atomic E-state index is 13.1. The number of nitrogens with one attached hydrogen (secondary N) is 1. The number of methoxy groups -OCH3 is 2. The van der Waals surface area contributed by atoms with Crippen LogP contribution < -0.4 is 14.8 Å². The van der Waals surface area contributed by atoms with Gasteiger partial charge in [-0.25, -0.2) is 4.79 Å². The van der Waals surface area contributed by atoms with E-state index in [1.165, 1.54) is 14.2 Å². The summed E-state index contributed by atoms with van der Waals surface area (Å²) in [5, 5.41) is 34.3. The molecule has 0 aromatic heterocycles. The number of fused-ring (bicyclic) bond motifs is 1. The number of hydrogen-bond donors (Lipinski definition) is 4. The number of aliphatic hydroxyl groups excluding tert-OH is 3. The fraction of sp³-hybridized carbons (Fsp3) is 0.714. The zero-order valence-corrected chi connectivity index (χ0v) is 22.8. The fourth-order valence-corrected chi connectivity index (χ4v) is 7.22. The number of amides is 2. The normalized spacial score (nSPS) is 34.8. The molecule has 1 heterocycles. The Morgan fingerprint density at radius 1 is 1.05 bits per heavy atom. The van der Waals surface area contributed by atoms with Gasteiger partial charge in [0.1, 0.15) is 17.6 Å². The summed E-state index contributed by atoms with van der Waals surface area (Å²) in [4.78, 5) is 27.7. The number of β-amino-alcohol motifs (C(OH)–C–C–N with tert-alkyl or cyclic N) is 1. The summed E-state index contributed by atoms with van der Waals surface area (Å²) < 4.78 is 16.5. The monoisotopic (exact) mass is 534 g/mol. The minimum atomic E-state index is -0.748. The van der Waals surface area contributed by atoms with E-state index in [9.17, 15) is 24.9 Å². The Balaban J connectivity index is 1.49. The Hall–Kier alpha value is -2.56. The lowest BCUT2D eigenvalue weighted by molar-refractivity contribution is -0.186. The molecule has 1 aliphatic heterocycles. The van der Waals surface area contributed by atoms with Crippen LogP contribution >= 0.6 is 0 Å². The molecule has 212 valence electrons. The third-order valence-electron chi connectivity index (χ3n) is 9.43. The maximum Gasteiger partial charge on any atom is 0.411 e. The Kier molecular flexibility index (Phi) is 8.44. The molecule has 0 bridgehead atoms. The van der Waals surface area contributed by atoms with Crippen molar-refractivity contribution in [2.45, 2.75) is 70.7 Å². The molecule has 4 N–H and O–H groups in total. The first-order valence-electron chi connectivity index (χ1n) is 13.5. The van der Waals surface area contributed by atoms with Crippen molar-refractivity contribution in [2.75, 3.05) is 39.2 Å². The first kappa shape index (κ1) is 28.4. The molecule has 0 radical (unpaired) electrons. The summed E-state index contributed by atoms with van der Waals surface area (Å²) >= 11 is 0. The Morgan fingerprint density at radius 2 is 1.74 bits per heavy atom. The number of likely N-dealkylation sites (tertiary alicyclic amines) is 1. The molecule has 2 aliphatic carbocycles. The van der Waals surface area contributed by atoms with Gasteiger partial charge in [0.15, 0.2) is 0 Å². The highest BCUT2D eigenvalue weighted by Gasteiger charge is 2.60. The summed E-state index contributed by atoms with van der Waals surface area (Å²) in [6, 6.07) is 5.03. The number of hydrogen-bond acceptors (Lipinski definition) is 8. The lowest BCUT2D eigenvalue weighted by Gasteiger charge is -2.60. The molecular formula is C28H42N2O8. The van der Waals surface area contributed by atoms with E-state index in [0.717, 1.165) is 0 Å². The van der Waals surface area contributed by atoms with Crippen molar-refractivity contribution in [3.63, 3.8) is 0 Å². The average Bonchev–Trinajstić information content (AvgIpc) is 3.34. The zero-order valence-electron chi connectivity index (χ0n) is 22.8. The highest BCUT2D eigenvalue weighted by molar-refractivity contribution is 5.85. The number of benzene rings is 1. The zero-order chi connectivity index (χ0) is 27.7. The van der Waals surface area contributed by atoms with Crippen LogP contribution in [0.15, 0.2) is 18.2 Å². The highest BCUT2D eigenvalue weighted by Crippen LogP contribution is 2.61. The molecule has 10 heteroatoms. The lowest BCUT2D eigenvalue weighted by Crippen LogP contribution is -2.61. The summed E-state index contributed by atoms with van der Waals surface area (Å²) in [6.07, 6.45) is 0.802. The molecule has 38 heavy (non-hydrogen) atoms. The molecule has 1 saturated heterocycles. The first-order chi connectivity index (χ1) is 18.0. The van der Waals surface area contributed by atoms with Crippen LogP contribution in [0.3, 0.4) is 0 Å². The minimum Gasteiger partial charge on any atom is -0.497 e.